The summed E-state index contributed by atoms with van der Waals surface area (Å²) in [5.74, 6) is 0.168. The van der Waals surface area contributed by atoms with Crippen LogP contribution in [-0.4, -0.2) is 29.4 Å². The van der Waals surface area contributed by atoms with Crippen LogP contribution in [0.3, 0.4) is 0 Å². The lowest BCUT2D eigenvalue weighted by molar-refractivity contribution is 0.0639. The van der Waals surface area contributed by atoms with Crippen molar-refractivity contribution in [3.05, 3.63) is 32.9 Å². The highest BCUT2D eigenvalue weighted by Gasteiger charge is 2.28. The molecule has 0 unspecified atom stereocenters. The van der Waals surface area contributed by atoms with Crippen molar-refractivity contribution in [1.29, 1.82) is 0 Å². The van der Waals surface area contributed by atoms with Crippen LogP contribution < -0.4 is 5.73 Å². The highest BCUT2D eigenvalue weighted by atomic mass is 127. The second-order valence-corrected chi connectivity index (χ2v) is 6.67. The number of rotatable bonds is 3. The number of nitrogens with two attached hydrogens (primary N) is 1. The lowest BCUT2D eigenvalue weighted by Gasteiger charge is -2.35. The van der Waals surface area contributed by atoms with E-state index in [9.17, 15) is 4.79 Å². The molecule has 1 saturated carbocycles. The molecule has 1 aromatic rings. The minimum atomic E-state index is 0.168. The van der Waals surface area contributed by atoms with Crippen molar-refractivity contribution < 1.29 is 4.79 Å². The van der Waals surface area contributed by atoms with E-state index in [-0.39, 0.29) is 5.91 Å². The number of halogens is 1. The Labute approximate surface area is 135 Å². The Morgan fingerprint density at radius 3 is 2.60 bits per heavy atom. The summed E-state index contributed by atoms with van der Waals surface area (Å²) in [6.07, 6.45) is 4.12. The van der Waals surface area contributed by atoms with Gasteiger partial charge in [-0.3, -0.25) is 4.79 Å². The number of aryl methyl sites for hydroxylation is 1. The summed E-state index contributed by atoms with van der Waals surface area (Å²) in [5.41, 5.74) is 7.97. The van der Waals surface area contributed by atoms with Gasteiger partial charge in [0.1, 0.15) is 0 Å². The van der Waals surface area contributed by atoms with Crippen LogP contribution in [0.15, 0.2) is 18.2 Å². The molecule has 1 fully saturated rings. The maximum atomic E-state index is 12.8. The minimum Gasteiger partial charge on any atom is -0.336 e. The molecule has 0 atom stereocenters. The van der Waals surface area contributed by atoms with E-state index < -0.39 is 0 Å². The predicted octanol–water partition coefficient (Wildman–Crippen LogP) is 3.33. The van der Waals surface area contributed by atoms with E-state index in [1.165, 1.54) is 0 Å². The lowest BCUT2D eigenvalue weighted by Crippen LogP contribution is -2.44. The van der Waals surface area contributed by atoms with Crippen molar-refractivity contribution >= 4 is 28.5 Å². The van der Waals surface area contributed by atoms with E-state index in [0.717, 1.165) is 46.9 Å². The van der Waals surface area contributed by atoms with Gasteiger partial charge in [0.2, 0.25) is 0 Å². The fourth-order valence-electron chi connectivity index (χ4n) is 2.95. The van der Waals surface area contributed by atoms with Gasteiger partial charge in [-0.15, -0.1) is 0 Å². The molecule has 0 spiro atoms. The first-order chi connectivity index (χ1) is 9.54. The Morgan fingerprint density at radius 1 is 1.35 bits per heavy atom. The van der Waals surface area contributed by atoms with E-state index in [1.807, 2.05) is 17.0 Å². The summed E-state index contributed by atoms with van der Waals surface area (Å²) in [4.78, 5) is 14.9. The van der Waals surface area contributed by atoms with Crippen molar-refractivity contribution in [3.63, 3.8) is 0 Å². The predicted molar refractivity (Wildman–Crippen MR) is 90.8 cm³/mol. The first-order valence-electron chi connectivity index (χ1n) is 7.36. The van der Waals surface area contributed by atoms with Crippen LogP contribution in [0.4, 0.5) is 0 Å². The van der Waals surface area contributed by atoms with Gasteiger partial charge in [-0.25, -0.2) is 0 Å². The number of nitrogens with zero attached hydrogens (tertiary/aromatic N) is 1. The van der Waals surface area contributed by atoms with Gasteiger partial charge in [-0.1, -0.05) is 12.1 Å². The molecular formula is C16H23IN2O. The minimum absolute atomic E-state index is 0.168. The zero-order chi connectivity index (χ0) is 14.7. The van der Waals surface area contributed by atoms with Crippen molar-refractivity contribution in [1.82, 2.24) is 4.90 Å². The van der Waals surface area contributed by atoms with E-state index in [1.54, 1.807) is 0 Å². The van der Waals surface area contributed by atoms with Crippen molar-refractivity contribution in [2.75, 3.05) is 6.54 Å². The number of carbonyl (C=O) groups excluding carboxylic acids is 1. The smallest absolute Gasteiger partial charge is 0.255 e. The van der Waals surface area contributed by atoms with Crippen LogP contribution in [0.2, 0.25) is 0 Å². The molecule has 20 heavy (non-hydrogen) atoms. The third-order valence-electron chi connectivity index (χ3n) is 4.21. The average molecular weight is 386 g/mol. The van der Waals surface area contributed by atoms with Crippen molar-refractivity contribution in [3.8, 4) is 0 Å². The molecular weight excluding hydrogens is 363 g/mol. The summed E-state index contributed by atoms with van der Waals surface area (Å²) < 4.78 is 1.07. The lowest BCUT2D eigenvalue weighted by atomic mass is 9.90. The number of benzene rings is 1. The third-order valence-corrected chi connectivity index (χ3v) is 5.64. The van der Waals surface area contributed by atoms with Gasteiger partial charge in [0.15, 0.2) is 0 Å². The van der Waals surface area contributed by atoms with Gasteiger partial charge in [0, 0.05) is 22.2 Å². The molecule has 0 saturated heterocycles. The molecule has 0 aliphatic heterocycles. The topological polar surface area (TPSA) is 46.3 Å². The summed E-state index contributed by atoms with van der Waals surface area (Å²) in [7, 11) is 0. The van der Waals surface area contributed by atoms with E-state index in [0.29, 0.717) is 12.1 Å². The highest BCUT2D eigenvalue weighted by Crippen LogP contribution is 2.25. The van der Waals surface area contributed by atoms with Crippen molar-refractivity contribution in [2.45, 2.75) is 51.6 Å². The Kier molecular flexibility index (Phi) is 5.43. The molecule has 0 aromatic heterocycles. The van der Waals surface area contributed by atoms with Crippen LogP contribution in [-0.2, 0) is 0 Å². The molecule has 0 heterocycles. The molecule has 0 radical (unpaired) electrons. The second kappa shape index (κ2) is 6.89. The molecule has 2 rings (SSSR count). The van der Waals surface area contributed by atoms with Gasteiger partial charge in [-0.05, 0) is 73.8 Å². The van der Waals surface area contributed by atoms with E-state index >= 15 is 0 Å². The van der Waals surface area contributed by atoms with Crippen LogP contribution in [0.1, 0.15) is 48.5 Å². The Hall–Kier alpha value is -0.620. The molecule has 1 aliphatic rings. The number of amides is 1. The Balaban J connectivity index is 2.19. The normalized spacial score (nSPS) is 22.6. The molecule has 4 heteroatoms. The molecule has 3 nitrogen and oxygen atoms in total. The molecule has 1 aliphatic carbocycles. The van der Waals surface area contributed by atoms with Crippen LogP contribution in [0.5, 0.6) is 0 Å². The fourth-order valence-corrected chi connectivity index (χ4v) is 3.54. The summed E-state index contributed by atoms with van der Waals surface area (Å²) in [6, 6.07) is 6.63. The van der Waals surface area contributed by atoms with Crippen LogP contribution in [0.25, 0.3) is 0 Å². The van der Waals surface area contributed by atoms with E-state index in [4.69, 9.17) is 5.73 Å². The summed E-state index contributed by atoms with van der Waals surface area (Å²) in [5, 5.41) is 0. The van der Waals surface area contributed by atoms with Gasteiger partial charge >= 0.3 is 0 Å². The van der Waals surface area contributed by atoms with Crippen LogP contribution in [0, 0.1) is 10.5 Å². The number of hydrogen-bond donors (Lipinski definition) is 1. The SMILES string of the molecule is CCN(C(=O)c1cccc(C)c1I)C1CCC(N)CC1. The quantitative estimate of drug-likeness (QED) is 0.811. The standard InChI is InChI=1S/C16H23IN2O/c1-3-19(13-9-7-12(18)8-10-13)16(20)14-6-4-5-11(2)15(14)17/h4-6,12-13H,3,7-10,18H2,1-2H3. The van der Waals surface area contributed by atoms with Gasteiger partial charge < -0.3 is 10.6 Å². The third kappa shape index (κ3) is 3.34. The summed E-state index contributed by atoms with van der Waals surface area (Å²) in [6.45, 7) is 4.88. The van der Waals surface area contributed by atoms with Crippen molar-refractivity contribution in [2.24, 2.45) is 5.73 Å². The fraction of sp³-hybridized carbons (Fsp3) is 0.562. The van der Waals surface area contributed by atoms with E-state index in [2.05, 4.69) is 42.5 Å². The monoisotopic (exact) mass is 386 g/mol. The van der Waals surface area contributed by atoms with Gasteiger partial charge in [0.25, 0.3) is 5.91 Å². The second-order valence-electron chi connectivity index (χ2n) is 5.60. The maximum absolute atomic E-state index is 12.8. The zero-order valence-electron chi connectivity index (χ0n) is 12.2. The summed E-state index contributed by atoms with van der Waals surface area (Å²) >= 11 is 2.28. The maximum Gasteiger partial charge on any atom is 0.255 e. The average Bonchev–Trinajstić information content (AvgIpc) is 2.44. The molecule has 1 aromatic carbocycles. The zero-order valence-corrected chi connectivity index (χ0v) is 14.4. The Bertz CT molecular complexity index is 481. The molecule has 110 valence electrons. The van der Waals surface area contributed by atoms with Gasteiger partial charge in [0.05, 0.1) is 5.56 Å². The first kappa shape index (κ1) is 15.8. The number of carbonyl (C=O) groups is 1. The van der Waals surface area contributed by atoms with Gasteiger partial charge in [-0.2, -0.15) is 0 Å². The first-order valence-corrected chi connectivity index (χ1v) is 8.44. The van der Waals surface area contributed by atoms with Crippen LogP contribution >= 0.6 is 22.6 Å². The largest absolute Gasteiger partial charge is 0.336 e. The Morgan fingerprint density at radius 2 is 2.00 bits per heavy atom. The molecule has 1 amide bonds. The molecule has 0 bridgehead atoms. The highest BCUT2D eigenvalue weighted by molar-refractivity contribution is 14.1. The molecule has 2 N–H and O–H groups in total. The number of hydrogen-bond acceptors (Lipinski definition) is 2.